The lowest BCUT2D eigenvalue weighted by Gasteiger charge is -2.52. The lowest BCUT2D eigenvalue weighted by atomic mass is 9.61. The molecule has 0 radical (unpaired) electrons. The molecule has 0 N–H and O–H groups in total. The predicted octanol–water partition coefficient (Wildman–Crippen LogP) is 2.57. The van der Waals surface area contributed by atoms with Crippen molar-refractivity contribution in [2.45, 2.75) is 43.6 Å². The molecule has 21 heavy (non-hydrogen) atoms. The standard InChI is InChI=1S/C16H23NO3S/c1-13-3-5-14(6-4-13)21(18,19)17-11-9-16(10-12-17)8-7-15(16)20-2/h3-6,15H,7-12H2,1-2H3. The Kier molecular flexibility index (Phi) is 3.84. The fourth-order valence-corrected chi connectivity index (χ4v) is 5.08. The van der Waals surface area contributed by atoms with Crippen LogP contribution in [0.2, 0.25) is 0 Å². The van der Waals surface area contributed by atoms with E-state index in [9.17, 15) is 8.42 Å². The molecule has 0 aromatic heterocycles. The first kappa shape index (κ1) is 15.0. The van der Waals surface area contributed by atoms with Crippen LogP contribution in [-0.2, 0) is 14.8 Å². The van der Waals surface area contributed by atoms with Crippen molar-refractivity contribution >= 4 is 10.0 Å². The second-order valence-corrected chi connectivity index (χ2v) is 8.28. The van der Waals surface area contributed by atoms with Crippen LogP contribution < -0.4 is 0 Å². The topological polar surface area (TPSA) is 46.6 Å². The summed E-state index contributed by atoms with van der Waals surface area (Å²) in [6.45, 7) is 3.18. The number of hydrogen-bond acceptors (Lipinski definition) is 3. The number of methoxy groups -OCH3 is 1. The van der Waals surface area contributed by atoms with Gasteiger partial charge in [-0.2, -0.15) is 4.31 Å². The van der Waals surface area contributed by atoms with E-state index in [2.05, 4.69) is 0 Å². The summed E-state index contributed by atoms with van der Waals surface area (Å²) >= 11 is 0. The molecule has 1 unspecified atom stereocenters. The van der Waals surface area contributed by atoms with E-state index in [4.69, 9.17) is 4.74 Å². The van der Waals surface area contributed by atoms with Gasteiger partial charge < -0.3 is 4.74 Å². The summed E-state index contributed by atoms with van der Waals surface area (Å²) in [6, 6.07) is 7.11. The van der Waals surface area contributed by atoms with Gasteiger partial charge in [-0.25, -0.2) is 8.42 Å². The van der Waals surface area contributed by atoms with Crippen LogP contribution in [0.25, 0.3) is 0 Å². The van der Waals surface area contributed by atoms with Gasteiger partial charge in [0.15, 0.2) is 0 Å². The number of rotatable bonds is 3. The fourth-order valence-electron chi connectivity index (χ4n) is 3.64. The summed E-state index contributed by atoms with van der Waals surface area (Å²) in [6.07, 6.45) is 4.43. The first-order chi connectivity index (χ1) is 9.98. The monoisotopic (exact) mass is 309 g/mol. The van der Waals surface area contributed by atoms with E-state index in [1.54, 1.807) is 23.5 Å². The maximum atomic E-state index is 12.7. The summed E-state index contributed by atoms with van der Waals surface area (Å²) in [5.74, 6) is 0. The molecule has 1 saturated carbocycles. The first-order valence-electron chi connectivity index (χ1n) is 7.58. The van der Waals surface area contributed by atoms with Crippen molar-refractivity contribution in [1.82, 2.24) is 4.31 Å². The Morgan fingerprint density at radius 2 is 1.76 bits per heavy atom. The van der Waals surface area contributed by atoms with Crippen molar-refractivity contribution in [2.24, 2.45) is 5.41 Å². The van der Waals surface area contributed by atoms with Gasteiger partial charge in [0.05, 0.1) is 11.0 Å². The Labute approximate surface area is 127 Å². The number of benzene rings is 1. The Bertz CT molecular complexity index is 599. The van der Waals surface area contributed by atoms with E-state index in [1.807, 2.05) is 19.1 Å². The van der Waals surface area contributed by atoms with Gasteiger partial charge in [-0.05, 0) is 50.2 Å². The van der Waals surface area contributed by atoms with Gasteiger partial charge >= 0.3 is 0 Å². The molecule has 1 aliphatic heterocycles. The van der Waals surface area contributed by atoms with Crippen LogP contribution in [0.15, 0.2) is 29.2 Å². The quantitative estimate of drug-likeness (QED) is 0.862. The van der Waals surface area contributed by atoms with Crippen molar-refractivity contribution in [3.63, 3.8) is 0 Å². The molecule has 1 atom stereocenters. The van der Waals surface area contributed by atoms with Crippen molar-refractivity contribution in [3.05, 3.63) is 29.8 Å². The van der Waals surface area contributed by atoms with E-state index in [0.29, 0.717) is 24.1 Å². The van der Waals surface area contributed by atoms with Crippen LogP contribution in [0, 0.1) is 12.3 Å². The molecule has 116 valence electrons. The first-order valence-corrected chi connectivity index (χ1v) is 9.02. The third-order valence-corrected chi connectivity index (χ3v) is 7.16. The molecule has 2 fully saturated rings. The number of nitrogens with zero attached hydrogens (tertiary/aromatic N) is 1. The normalized spacial score (nSPS) is 25.7. The van der Waals surface area contributed by atoms with E-state index < -0.39 is 10.0 Å². The van der Waals surface area contributed by atoms with Gasteiger partial charge in [-0.1, -0.05) is 17.7 Å². The lowest BCUT2D eigenvalue weighted by molar-refractivity contribution is -0.113. The molecule has 1 saturated heterocycles. The second-order valence-electron chi connectivity index (χ2n) is 6.34. The van der Waals surface area contributed by atoms with E-state index in [0.717, 1.165) is 24.8 Å². The molecule has 1 spiro atoms. The fraction of sp³-hybridized carbons (Fsp3) is 0.625. The smallest absolute Gasteiger partial charge is 0.243 e. The highest BCUT2D eigenvalue weighted by molar-refractivity contribution is 7.89. The zero-order valence-corrected chi connectivity index (χ0v) is 13.5. The molecule has 1 heterocycles. The van der Waals surface area contributed by atoms with Crippen LogP contribution in [-0.4, -0.2) is 39.0 Å². The van der Waals surface area contributed by atoms with Crippen LogP contribution >= 0.6 is 0 Å². The van der Waals surface area contributed by atoms with Crippen molar-refractivity contribution in [2.75, 3.05) is 20.2 Å². The SMILES string of the molecule is COC1CCC12CCN(S(=O)(=O)c1ccc(C)cc1)CC2. The van der Waals surface area contributed by atoms with Crippen molar-refractivity contribution in [3.8, 4) is 0 Å². The molecule has 2 aliphatic rings. The molecule has 5 heteroatoms. The van der Waals surface area contributed by atoms with E-state index in [-0.39, 0.29) is 5.41 Å². The Hall–Kier alpha value is -0.910. The summed E-state index contributed by atoms with van der Waals surface area (Å²) in [4.78, 5) is 0.404. The lowest BCUT2D eigenvalue weighted by Crippen LogP contribution is -2.53. The van der Waals surface area contributed by atoms with Gasteiger partial charge in [0.1, 0.15) is 0 Å². The van der Waals surface area contributed by atoms with E-state index >= 15 is 0 Å². The minimum atomic E-state index is -3.34. The highest BCUT2D eigenvalue weighted by atomic mass is 32.2. The van der Waals surface area contributed by atoms with Gasteiger partial charge in [0.25, 0.3) is 0 Å². The van der Waals surface area contributed by atoms with Crippen LogP contribution in [0.4, 0.5) is 0 Å². The summed E-state index contributed by atoms with van der Waals surface area (Å²) in [5, 5.41) is 0. The maximum Gasteiger partial charge on any atom is 0.243 e. The number of ether oxygens (including phenoxy) is 1. The predicted molar refractivity (Wildman–Crippen MR) is 81.6 cm³/mol. The molecular weight excluding hydrogens is 286 g/mol. The zero-order valence-electron chi connectivity index (χ0n) is 12.7. The van der Waals surface area contributed by atoms with Crippen molar-refractivity contribution in [1.29, 1.82) is 0 Å². The molecule has 0 amide bonds. The second kappa shape index (κ2) is 5.38. The van der Waals surface area contributed by atoms with Gasteiger partial charge in [-0.15, -0.1) is 0 Å². The molecule has 0 bridgehead atoms. The van der Waals surface area contributed by atoms with Gasteiger partial charge in [0, 0.05) is 20.2 Å². The van der Waals surface area contributed by atoms with Crippen LogP contribution in [0.3, 0.4) is 0 Å². The molecular formula is C16H23NO3S. The van der Waals surface area contributed by atoms with Crippen LogP contribution in [0.1, 0.15) is 31.2 Å². The zero-order chi connectivity index (χ0) is 15.1. The Morgan fingerprint density at radius 1 is 1.14 bits per heavy atom. The third kappa shape index (κ3) is 2.51. The maximum absolute atomic E-state index is 12.7. The summed E-state index contributed by atoms with van der Waals surface area (Å²) in [7, 11) is -1.58. The highest BCUT2D eigenvalue weighted by Gasteiger charge is 2.49. The number of sulfonamides is 1. The van der Waals surface area contributed by atoms with E-state index in [1.165, 1.54) is 6.42 Å². The number of aryl methyl sites for hydroxylation is 1. The minimum absolute atomic E-state index is 0.230. The average molecular weight is 309 g/mol. The molecule has 4 nitrogen and oxygen atoms in total. The summed E-state index contributed by atoms with van der Waals surface area (Å²) in [5.41, 5.74) is 1.30. The third-order valence-electron chi connectivity index (χ3n) is 5.25. The largest absolute Gasteiger partial charge is 0.381 e. The van der Waals surface area contributed by atoms with Gasteiger partial charge in [-0.3, -0.25) is 0 Å². The summed E-state index contributed by atoms with van der Waals surface area (Å²) < 4.78 is 32.5. The molecule has 1 aromatic carbocycles. The van der Waals surface area contributed by atoms with Crippen molar-refractivity contribution < 1.29 is 13.2 Å². The minimum Gasteiger partial charge on any atom is -0.381 e. The average Bonchev–Trinajstić information content (AvgIpc) is 2.47. The number of piperidine rings is 1. The molecule has 3 rings (SSSR count). The van der Waals surface area contributed by atoms with Crippen LogP contribution in [0.5, 0.6) is 0 Å². The van der Waals surface area contributed by atoms with Gasteiger partial charge in [0.2, 0.25) is 10.0 Å². The number of hydrogen-bond donors (Lipinski definition) is 0. The molecule has 1 aromatic rings. The Morgan fingerprint density at radius 3 is 2.24 bits per heavy atom. The highest BCUT2D eigenvalue weighted by Crippen LogP contribution is 2.50. The molecule has 1 aliphatic carbocycles. The Balaban J connectivity index is 1.73.